The van der Waals surface area contributed by atoms with Crippen LogP contribution < -0.4 is 4.74 Å². The molecule has 0 saturated carbocycles. The maximum atomic E-state index is 8.75. The number of hydrogen-bond acceptors (Lipinski definition) is 2. The van der Waals surface area contributed by atoms with Crippen LogP contribution in [0.5, 0.6) is 5.75 Å². The highest BCUT2D eigenvalue weighted by Gasteiger charge is 2.05. The van der Waals surface area contributed by atoms with Crippen molar-refractivity contribution in [2.75, 3.05) is 0 Å². The van der Waals surface area contributed by atoms with E-state index in [0.29, 0.717) is 12.2 Å². The molecule has 0 amide bonds. The van der Waals surface area contributed by atoms with Crippen molar-refractivity contribution in [2.24, 2.45) is 0 Å². The molecule has 2 aromatic rings. The SMILES string of the molecule is N#Cc1ccc(OCc2ccc3c(c2)C=CCC3)cc1. The minimum Gasteiger partial charge on any atom is -0.489 e. The molecule has 98 valence electrons. The third kappa shape index (κ3) is 2.73. The zero-order valence-corrected chi connectivity index (χ0v) is 11.2. The fourth-order valence-corrected chi connectivity index (χ4v) is 2.36. The van der Waals surface area contributed by atoms with Gasteiger partial charge in [-0.2, -0.15) is 5.26 Å². The van der Waals surface area contributed by atoms with Gasteiger partial charge in [0.05, 0.1) is 11.6 Å². The predicted octanol–water partition coefficient (Wildman–Crippen LogP) is 4.10. The van der Waals surface area contributed by atoms with Crippen molar-refractivity contribution in [3.63, 3.8) is 0 Å². The molecule has 0 N–H and O–H groups in total. The number of nitriles is 1. The normalized spacial score (nSPS) is 12.6. The van der Waals surface area contributed by atoms with Gasteiger partial charge in [-0.15, -0.1) is 0 Å². The first-order valence-electron chi connectivity index (χ1n) is 6.76. The van der Waals surface area contributed by atoms with E-state index in [0.717, 1.165) is 18.6 Å². The van der Waals surface area contributed by atoms with Crippen LogP contribution in [0.4, 0.5) is 0 Å². The highest BCUT2D eigenvalue weighted by molar-refractivity contribution is 5.57. The van der Waals surface area contributed by atoms with Crippen LogP contribution in [0, 0.1) is 11.3 Å². The van der Waals surface area contributed by atoms with Gasteiger partial charge in [0.2, 0.25) is 0 Å². The van der Waals surface area contributed by atoms with Gasteiger partial charge in [-0.05, 0) is 59.9 Å². The van der Waals surface area contributed by atoms with E-state index in [4.69, 9.17) is 10.00 Å². The fraction of sp³-hybridized carbons (Fsp3) is 0.167. The molecule has 0 bridgehead atoms. The molecule has 2 heteroatoms. The predicted molar refractivity (Wildman–Crippen MR) is 79.3 cm³/mol. The molecule has 2 nitrogen and oxygen atoms in total. The summed E-state index contributed by atoms with van der Waals surface area (Å²) >= 11 is 0. The topological polar surface area (TPSA) is 33.0 Å². The summed E-state index contributed by atoms with van der Waals surface area (Å²) in [4.78, 5) is 0. The van der Waals surface area contributed by atoms with Crippen LogP contribution in [-0.4, -0.2) is 0 Å². The van der Waals surface area contributed by atoms with Gasteiger partial charge in [0, 0.05) is 0 Å². The van der Waals surface area contributed by atoms with E-state index in [-0.39, 0.29) is 0 Å². The van der Waals surface area contributed by atoms with Crippen LogP contribution in [0.1, 0.15) is 28.7 Å². The van der Waals surface area contributed by atoms with E-state index in [9.17, 15) is 0 Å². The molecule has 1 aliphatic rings. The second-order valence-electron chi connectivity index (χ2n) is 4.90. The van der Waals surface area contributed by atoms with Gasteiger partial charge in [-0.3, -0.25) is 0 Å². The summed E-state index contributed by atoms with van der Waals surface area (Å²) in [6.07, 6.45) is 6.66. The van der Waals surface area contributed by atoms with E-state index in [1.807, 2.05) is 12.1 Å². The molecule has 0 unspecified atom stereocenters. The van der Waals surface area contributed by atoms with Crippen LogP contribution in [0.3, 0.4) is 0 Å². The van der Waals surface area contributed by atoms with E-state index in [1.165, 1.54) is 16.7 Å². The highest BCUT2D eigenvalue weighted by atomic mass is 16.5. The van der Waals surface area contributed by atoms with Gasteiger partial charge in [-0.25, -0.2) is 0 Å². The van der Waals surface area contributed by atoms with Crippen LogP contribution in [-0.2, 0) is 13.0 Å². The van der Waals surface area contributed by atoms with Gasteiger partial charge >= 0.3 is 0 Å². The summed E-state index contributed by atoms with van der Waals surface area (Å²) in [6.45, 7) is 0.549. The van der Waals surface area contributed by atoms with E-state index < -0.39 is 0 Å². The Morgan fingerprint density at radius 3 is 2.75 bits per heavy atom. The zero-order valence-electron chi connectivity index (χ0n) is 11.2. The van der Waals surface area contributed by atoms with Crippen LogP contribution in [0.25, 0.3) is 6.08 Å². The molecule has 2 aromatic carbocycles. The third-order valence-corrected chi connectivity index (χ3v) is 3.48. The number of benzene rings is 2. The summed E-state index contributed by atoms with van der Waals surface area (Å²) in [5.41, 5.74) is 4.53. The van der Waals surface area contributed by atoms with Gasteiger partial charge in [0.25, 0.3) is 0 Å². The minimum atomic E-state index is 0.549. The lowest BCUT2D eigenvalue weighted by Crippen LogP contribution is -1.99. The molecule has 0 radical (unpaired) electrons. The molecular weight excluding hydrogens is 246 g/mol. The molecule has 0 fully saturated rings. The molecule has 0 spiro atoms. The lowest BCUT2D eigenvalue weighted by atomic mass is 9.96. The van der Waals surface area contributed by atoms with Crippen LogP contribution in [0.2, 0.25) is 0 Å². The van der Waals surface area contributed by atoms with Crippen molar-refractivity contribution in [3.8, 4) is 11.8 Å². The average molecular weight is 261 g/mol. The Hall–Kier alpha value is -2.53. The van der Waals surface area contributed by atoms with Crippen LogP contribution >= 0.6 is 0 Å². The molecule has 0 heterocycles. The molecule has 1 aliphatic carbocycles. The van der Waals surface area contributed by atoms with E-state index in [1.54, 1.807) is 12.1 Å². The number of ether oxygens (including phenoxy) is 1. The van der Waals surface area contributed by atoms with Crippen LogP contribution in [0.15, 0.2) is 48.5 Å². The second-order valence-corrected chi connectivity index (χ2v) is 4.90. The number of nitrogens with zero attached hydrogens (tertiary/aromatic N) is 1. The molecule has 0 aromatic heterocycles. The lowest BCUT2D eigenvalue weighted by molar-refractivity contribution is 0.306. The van der Waals surface area contributed by atoms with Gasteiger partial charge in [0.15, 0.2) is 0 Å². The zero-order chi connectivity index (χ0) is 13.8. The summed E-state index contributed by atoms with van der Waals surface area (Å²) in [5.74, 6) is 0.789. The summed E-state index contributed by atoms with van der Waals surface area (Å²) < 4.78 is 5.75. The fourth-order valence-electron chi connectivity index (χ4n) is 2.36. The van der Waals surface area contributed by atoms with Crippen molar-refractivity contribution in [3.05, 3.63) is 70.8 Å². The lowest BCUT2D eigenvalue weighted by Gasteiger charge is -2.12. The highest BCUT2D eigenvalue weighted by Crippen LogP contribution is 2.21. The summed E-state index contributed by atoms with van der Waals surface area (Å²) in [5, 5.41) is 8.75. The first-order chi connectivity index (χ1) is 9.85. The number of hydrogen-bond donors (Lipinski definition) is 0. The van der Waals surface area contributed by atoms with Crippen molar-refractivity contribution in [2.45, 2.75) is 19.4 Å². The van der Waals surface area contributed by atoms with E-state index >= 15 is 0 Å². The largest absolute Gasteiger partial charge is 0.489 e. The Bertz CT molecular complexity index is 678. The Kier molecular flexibility index (Phi) is 3.52. The third-order valence-electron chi connectivity index (χ3n) is 3.48. The first kappa shape index (κ1) is 12.5. The van der Waals surface area contributed by atoms with Crippen molar-refractivity contribution >= 4 is 6.08 Å². The summed E-state index contributed by atoms with van der Waals surface area (Å²) in [7, 11) is 0. The van der Waals surface area contributed by atoms with Gasteiger partial charge in [-0.1, -0.05) is 24.3 Å². The smallest absolute Gasteiger partial charge is 0.119 e. The minimum absolute atomic E-state index is 0.549. The maximum Gasteiger partial charge on any atom is 0.119 e. The number of allylic oxidation sites excluding steroid dienone is 1. The van der Waals surface area contributed by atoms with Crippen molar-refractivity contribution in [1.82, 2.24) is 0 Å². The number of rotatable bonds is 3. The molecule has 0 aliphatic heterocycles. The molecular formula is C18H15NO. The molecule has 3 rings (SSSR count). The second kappa shape index (κ2) is 5.63. The van der Waals surface area contributed by atoms with Crippen molar-refractivity contribution < 1.29 is 4.74 Å². The number of aryl methyl sites for hydroxylation is 1. The van der Waals surface area contributed by atoms with Crippen molar-refractivity contribution in [1.29, 1.82) is 5.26 Å². The Morgan fingerprint density at radius 2 is 1.95 bits per heavy atom. The van der Waals surface area contributed by atoms with Gasteiger partial charge < -0.3 is 4.74 Å². The van der Waals surface area contributed by atoms with Gasteiger partial charge in [0.1, 0.15) is 12.4 Å². The Labute approximate surface area is 118 Å². The monoisotopic (exact) mass is 261 g/mol. The first-order valence-corrected chi connectivity index (χ1v) is 6.76. The average Bonchev–Trinajstić information content (AvgIpc) is 2.53. The molecule has 0 saturated heterocycles. The Balaban J connectivity index is 1.69. The molecule has 20 heavy (non-hydrogen) atoms. The summed E-state index contributed by atoms with van der Waals surface area (Å²) in [6, 6.07) is 15.8. The quantitative estimate of drug-likeness (QED) is 0.833. The van der Waals surface area contributed by atoms with E-state index in [2.05, 4.69) is 36.4 Å². The standard InChI is InChI=1S/C18H15NO/c19-12-14-6-9-18(10-7-14)20-13-15-5-8-16-3-1-2-4-17(16)11-15/h2,4-11H,1,3,13H2. The number of fused-ring (bicyclic) bond motifs is 1. The Morgan fingerprint density at radius 1 is 1.10 bits per heavy atom. The molecule has 0 atom stereocenters. The maximum absolute atomic E-state index is 8.75.